The van der Waals surface area contributed by atoms with Gasteiger partial charge in [-0.25, -0.2) is 14.4 Å². The van der Waals surface area contributed by atoms with E-state index < -0.39 is 23.6 Å². The third-order valence-corrected chi connectivity index (χ3v) is 6.14. The molecule has 1 aliphatic rings. The quantitative estimate of drug-likeness (QED) is 0.403. The lowest BCUT2D eigenvalue weighted by Gasteiger charge is -2.22. The third-order valence-electron chi connectivity index (χ3n) is 6.14. The molecule has 10 heteroatoms. The number of nitrogens with zero attached hydrogens (tertiary/aromatic N) is 2. The Bertz CT molecular complexity index is 1210. The van der Waals surface area contributed by atoms with E-state index in [1.54, 1.807) is 26.0 Å². The predicted octanol–water partition coefficient (Wildman–Crippen LogP) is 6.08. The van der Waals surface area contributed by atoms with Gasteiger partial charge in [0, 0.05) is 24.0 Å². The van der Waals surface area contributed by atoms with E-state index in [0.29, 0.717) is 53.3 Å². The summed E-state index contributed by atoms with van der Waals surface area (Å²) in [6.45, 7) is 6.64. The van der Waals surface area contributed by atoms with Crippen LogP contribution in [0.4, 0.5) is 23.4 Å². The molecule has 2 heterocycles. The minimum Gasteiger partial charge on any atom is -0.493 e. The molecule has 4 rings (SSSR count). The first-order chi connectivity index (χ1) is 16.5. The van der Waals surface area contributed by atoms with Crippen molar-refractivity contribution in [3.8, 4) is 11.5 Å². The van der Waals surface area contributed by atoms with Gasteiger partial charge in [0.05, 0.1) is 30.8 Å². The van der Waals surface area contributed by atoms with Gasteiger partial charge in [-0.1, -0.05) is 0 Å². The number of anilines is 1. The van der Waals surface area contributed by atoms with Gasteiger partial charge in [-0.2, -0.15) is 13.2 Å². The summed E-state index contributed by atoms with van der Waals surface area (Å²) in [6, 6.07) is 5.29. The molecule has 1 unspecified atom stereocenters. The van der Waals surface area contributed by atoms with E-state index in [2.05, 4.69) is 15.3 Å². The molecule has 1 saturated heterocycles. The van der Waals surface area contributed by atoms with Crippen molar-refractivity contribution in [2.75, 3.05) is 25.6 Å². The average Bonchev–Trinajstić information content (AvgIpc) is 3.33. The lowest BCUT2D eigenvalue weighted by atomic mass is 10.0. The van der Waals surface area contributed by atoms with Crippen molar-refractivity contribution < 1.29 is 31.8 Å². The highest BCUT2D eigenvalue weighted by Gasteiger charge is 2.32. The van der Waals surface area contributed by atoms with Crippen molar-refractivity contribution in [1.82, 2.24) is 9.97 Å². The SMILES string of the molecule is COc1cc2nc(C)nc(N[C@H](C)c3cc(F)cc(C(F)(F)F)c3)c2cc1OC(C)[C@H]1CCOC1. The summed E-state index contributed by atoms with van der Waals surface area (Å²) in [6.07, 6.45) is -3.88. The smallest absolute Gasteiger partial charge is 0.416 e. The first kappa shape index (κ1) is 25.0. The van der Waals surface area contributed by atoms with Gasteiger partial charge in [0.25, 0.3) is 0 Å². The lowest BCUT2D eigenvalue weighted by molar-refractivity contribution is -0.137. The number of hydrogen-bond donors (Lipinski definition) is 1. The van der Waals surface area contributed by atoms with E-state index in [-0.39, 0.29) is 17.6 Å². The largest absolute Gasteiger partial charge is 0.493 e. The number of aryl methyl sites for hydroxylation is 1. The van der Waals surface area contributed by atoms with Crippen molar-refractivity contribution in [2.45, 2.75) is 45.5 Å². The molecule has 0 aliphatic carbocycles. The number of nitrogens with one attached hydrogen (secondary N) is 1. The van der Waals surface area contributed by atoms with Crippen LogP contribution in [0.1, 0.15) is 43.3 Å². The molecule has 3 aromatic rings. The fraction of sp³-hybridized carbons (Fsp3) is 0.440. The number of fused-ring (bicyclic) bond motifs is 1. The maximum Gasteiger partial charge on any atom is 0.416 e. The highest BCUT2D eigenvalue weighted by atomic mass is 19.4. The van der Waals surface area contributed by atoms with Crippen LogP contribution >= 0.6 is 0 Å². The molecule has 0 radical (unpaired) electrons. The summed E-state index contributed by atoms with van der Waals surface area (Å²) < 4.78 is 70.7. The summed E-state index contributed by atoms with van der Waals surface area (Å²) in [5, 5.41) is 3.72. The number of rotatable bonds is 7. The summed E-state index contributed by atoms with van der Waals surface area (Å²) in [5.41, 5.74) is -0.333. The first-order valence-corrected chi connectivity index (χ1v) is 11.3. The van der Waals surface area contributed by atoms with E-state index in [0.717, 1.165) is 18.6 Å². The molecule has 0 saturated carbocycles. The Morgan fingerprint density at radius 2 is 1.86 bits per heavy atom. The van der Waals surface area contributed by atoms with Gasteiger partial charge in [0.15, 0.2) is 11.5 Å². The van der Waals surface area contributed by atoms with Crippen LogP contribution in [0.15, 0.2) is 30.3 Å². The molecular weight excluding hydrogens is 466 g/mol. The number of methoxy groups -OCH3 is 1. The van der Waals surface area contributed by atoms with Crippen LogP contribution < -0.4 is 14.8 Å². The molecule has 35 heavy (non-hydrogen) atoms. The molecular formula is C25H27F4N3O3. The molecule has 6 nitrogen and oxygen atoms in total. The summed E-state index contributed by atoms with van der Waals surface area (Å²) in [5.74, 6) is 1.13. The van der Waals surface area contributed by atoms with Crippen LogP contribution in [0.3, 0.4) is 0 Å². The topological polar surface area (TPSA) is 65.5 Å². The van der Waals surface area contributed by atoms with Crippen LogP contribution in [0.25, 0.3) is 10.9 Å². The van der Waals surface area contributed by atoms with E-state index in [4.69, 9.17) is 14.2 Å². The Hall–Kier alpha value is -3.14. The van der Waals surface area contributed by atoms with Crippen LogP contribution in [-0.2, 0) is 10.9 Å². The highest BCUT2D eigenvalue weighted by molar-refractivity contribution is 5.92. The van der Waals surface area contributed by atoms with Gasteiger partial charge in [-0.15, -0.1) is 0 Å². The predicted molar refractivity (Wildman–Crippen MR) is 123 cm³/mol. The molecule has 188 valence electrons. The van der Waals surface area contributed by atoms with Crippen LogP contribution in [0.2, 0.25) is 0 Å². The second-order valence-corrected chi connectivity index (χ2v) is 8.72. The second-order valence-electron chi connectivity index (χ2n) is 8.72. The van der Waals surface area contributed by atoms with Crippen LogP contribution in [0, 0.1) is 18.7 Å². The zero-order chi connectivity index (χ0) is 25.3. The molecule has 2 aromatic carbocycles. The number of ether oxygens (including phenoxy) is 3. The Kier molecular flexibility index (Phi) is 7.02. The number of aromatic nitrogens is 2. The maximum absolute atomic E-state index is 14.0. The molecule has 0 amide bonds. The zero-order valence-corrected chi connectivity index (χ0v) is 19.9. The summed E-state index contributed by atoms with van der Waals surface area (Å²) in [4.78, 5) is 8.93. The Balaban J connectivity index is 1.70. The molecule has 1 fully saturated rings. The van der Waals surface area contributed by atoms with Crippen molar-refractivity contribution in [3.63, 3.8) is 0 Å². The van der Waals surface area contributed by atoms with E-state index in [9.17, 15) is 17.6 Å². The first-order valence-electron chi connectivity index (χ1n) is 11.3. The van der Waals surface area contributed by atoms with Crippen LogP contribution in [-0.4, -0.2) is 36.4 Å². The van der Waals surface area contributed by atoms with E-state index in [1.165, 1.54) is 7.11 Å². The number of halogens is 4. The van der Waals surface area contributed by atoms with Gasteiger partial charge in [0.1, 0.15) is 23.6 Å². The Labute approximate surface area is 200 Å². The van der Waals surface area contributed by atoms with E-state index >= 15 is 0 Å². The highest BCUT2D eigenvalue weighted by Crippen LogP contribution is 2.37. The normalized spacial score (nSPS) is 17.9. The lowest BCUT2D eigenvalue weighted by Crippen LogP contribution is -2.24. The minimum absolute atomic E-state index is 0.126. The third kappa shape index (κ3) is 5.58. The zero-order valence-electron chi connectivity index (χ0n) is 19.9. The summed E-state index contributed by atoms with van der Waals surface area (Å²) >= 11 is 0. The molecule has 1 N–H and O–H groups in total. The van der Waals surface area contributed by atoms with Crippen molar-refractivity contribution in [1.29, 1.82) is 0 Å². The fourth-order valence-corrected chi connectivity index (χ4v) is 4.15. The van der Waals surface area contributed by atoms with Crippen LogP contribution in [0.5, 0.6) is 11.5 Å². The average molecular weight is 494 g/mol. The van der Waals surface area contributed by atoms with Gasteiger partial charge < -0.3 is 19.5 Å². The molecule has 1 aliphatic heterocycles. The Morgan fingerprint density at radius 1 is 1.09 bits per heavy atom. The van der Waals surface area contributed by atoms with Crippen molar-refractivity contribution >= 4 is 16.7 Å². The molecule has 0 bridgehead atoms. The van der Waals surface area contributed by atoms with Gasteiger partial charge in [0.2, 0.25) is 0 Å². The maximum atomic E-state index is 14.0. The number of benzene rings is 2. The fourth-order valence-electron chi connectivity index (χ4n) is 4.15. The molecule has 3 atom stereocenters. The summed E-state index contributed by atoms with van der Waals surface area (Å²) in [7, 11) is 1.54. The van der Waals surface area contributed by atoms with Gasteiger partial charge in [-0.3, -0.25) is 0 Å². The van der Waals surface area contributed by atoms with Gasteiger partial charge in [-0.05, 0) is 57.0 Å². The second kappa shape index (κ2) is 9.85. The molecule has 0 spiro atoms. The minimum atomic E-state index is -4.65. The van der Waals surface area contributed by atoms with E-state index in [1.807, 2.05) is 6.92 Å². The van der Waals surface area contributed by atoms with Crippen molar-refractivity contribution in [2.24, 2.45) is 5.92 Å². The van der Waals surface area contributed by atoms with Gasteiger partial charge >= 0.3 is 6.18 Å². The number of hydrogen-bond acceptors (Lipinski definition) is 6. The monoisotopic (exact) mass is 493 g/mol. The Morgan fingerprint density at radius 3 is 2.51 bits per heavy atom. The standard InChI is InChI=1S/C25H27F4N3O3/c1-13(17-7-18(25(27,28)29)9-19(26)8-17)30-24-20-10-23(35-14(2)16-5-6-34-12-16)22(33-4)11-21(20)31-15(3)32-24/h7-11,13-14,16H,5-6,12H2,1-4H3,(H,30,31,32)/t13-,14?,16+/m1/s1. The van der Waals surface area contributed by atoms with Crippen molar-refractivity contribution in [3.05, 3.63) is 53.1 Å². The molecule has 1 aromatic heterocycles. The number of alkyl halides is 3.